The number of carbonyl (C=O) groups is 5. The molecule has 0 heterocycles. The van der Waals surface area contributed by atoms with Gasteiger partial charge in [-0.2, -0.15) is 15.3 Å². The molecule has 0 bridgehead atoms. The third kappa shape index (κ3) is 11.2. The van der Waals surface area contributed by atoms with Crippen molar-refractivity contribution >= 4 is 29.8 Å². The predicted molar refractivity (Wildman–Crippen MR) is 144 cm³/mol. The first-order valence-corrected chi connectivity index (χ1v) is 13.1. The summed E-state index contributed by atoms with van der Waals surface area (Å²) in [4.78, 5) is 58.8. The highest BCUT2D eigenvalue weighted by atomic mass is 16.5. The van der Waals surface area contributed by atoms with Gasteiger partial charge >= 0.3 is 29.8 Å². The number of carboxylic acids is 5. The van der Waals surface area contributed by atoms with Crippen LogP contribution in [0.15, 0.2) is 39.6 Å². The van der Waals surface area contributed by atoms with Crippen LogP contribution in [0.25, 0.3) is 0 Å². The maximum Gasteiger partial charge on any atom is 0.305 e. The maximum atomic E-state index is 12.0. The summed E-state index contributed by atoms with van der Waals surface area (Å²) in [6.45, 7) is 2.15. The Balaban J connectivity index is 3.77. The van der Waals surface area contributed by atoms with E-state index in [0.29, 0.717) is 17.9 Å². The van der Waals surface area contributed by atoms with Crippen molar-refractivity contribution < 1.29 is 54.2 Å². The van der Waals surface area contributed by atoms with E-state index in [0.717, 1.165) is 0 Å². The van der Waals surface area contributed by atoms with E-state index >= 15 is 0 Å². The van der Waals surface area contributed by atoms with Crippen LogP contribution in [0.1, 0.15) is 63.9 Å². The van der Waals surface area contributed by atoms with E-state index in [1.165, 1.54) is 0 Å². The van der Waals surface area contributed by atoms with Crippen molar-refractivity contribution in [2.75, 3.05) is 6.61 Å². The molecular formula is C26H36N6O11. The lowest BCUT2D eigenvalue weighted by atomic mass is 9.67. The average Bonchev–Trinajstić information content (AvgIpc) is 2.90. The highest BCUT2D eigenvalue weighted by Crippen LogP contribution is 2.43. The first-order chi connectivity index (χ1) is 20.1. The average molecular weight is 609 g/mol. The zero-order valence-electron chi connectivity index (χ0n) is 23.5. The number of hydrogen-bond acceptors (Lipinski definition) is 12. The molecule has 2 atom stereocenters. The van der Waals surface area contributed by atoms with Gasteiger partial charge in [-0.15, -0.1) is 0 Å². The van der Waals surface area contributed by atoms with Crippen molar-refractivity contribution in [2.45, 2.75) is 81.3 Å². The third-order valence-corrected chi connectivity index (χ3v) is 7.21. The molecule has 1 aromatic rings. The van der Waals surface area contributed by atoms with Gasteiger partial charge in [0, 0.05) is 0 Å². The largest absolute Gasteiger partial charge is 0.494 e. The van der Waals surface area contributed by atoms with Gasteiger partial charge in [0.25, 0.3) is 0 Å². The van der Waals surface area contributed by atoms with E-state index in [9.17, 15) is 49.5 Å². The molecule has 2 unspecified atom stereocenters. The minimum atomic E-state index is -2.12. The molecule has 1 rings (SSSR count). The lowest BCUT2D eigenvalue weighted by molar-refractivity contribution is -0.144. The molecule has 17 heteroatoms. The van der Waals surface area contributed by atoms with Crippen LogP contribution < -0.4 is 4.74 Å². The van der Waals surface area contributed by atoms with Crippen molar-refractivity contribution in [3.05, 3.63) is 29.8 Å². The zero-order chi connectivity index (χ0) is 32.8. The molecule has 1 aromatic carbocycles. The Bertz CT molecular complexity index is 1170. The Morgan fingerprint density at radius 3 is 1.49 bits per heavy atom. The molecule has 17 nitrogen and oxygen atoms in total. The summed E-state index contributed by atoms with van der Waals surface area (Å²) in [6.07, 6.45) is -6.18. The normalized spacial score (nSPS) is 13.6. The molecule has 0 radical (unpaired) electrons. The lowest BCUT2D eigenvalue weighted by Gasteiger charge is -2.40. The summed E-state index contributed by atoms with van der Waals surface area (Å²) in [5, 5.41) is 58.0. The lowest BCUT2D eigenvalue weighted by Crippen LogP contribution is -2.46. The Morgan fingerprint density at radius 2 is 1.12 bits per heavy atom. The number of nitrogens with one attached hydrogen (secondary N) is 3. The summed E-state index contributed by atoms with van der Waals surface area (Å²) in [5.74, 6) is -8.12. The molecule has 0 spiro atoms. The minimum absolute atomic E-state index is 0.134. The zero-order valence-corrected chi connectivity index (χ0v) is 23.5. The van der Waals surface area contributed by atoms with E-state index in [-0.39, 0.29) is 6.42 Å². The van der Waals surface area contributed by atoms with Crippen molar-refractivity contribution in [2.24, 2.45) is 21.3 Å². The molecule has 0 aliphatic rings. The number of nitrogens with zero attached hydrogens (tertiary/aromatic N) is 3. The van der Waals surface area contributed by atoms with Gasteiger partial charge in [-0.3, -0.25) is 24.0 Å². The number of hydrogen-bond donors (Lipinski definition) is 8. The van der Waals surface area contributed by atoms with Gasteiger partial charge in [-0.25, -0.2) is 16.6 Å². The highest BCUT2D eigenvalue weighted by molar-refractivity contribution is 5.74. The quantitative estimate of drug-likeness (QED) is 0.0817. The standard InChI is InChI=1S/C26H36N6O11/c1-2-43-18-5-3-16(4-6-18)9-17(26(32-29,14-22(39)40)15-23(41)42)10-24(30-27,11-19(33)34)7-8-25(31-28,12-20(35)36)13-21(37)38/h3-6,17,27-29H,2,7-15H2,1H3,(H,33,34)(H,35,36)(H,37,38)(H,39,40)(H,41,42). The fourth-order valence-corrected chi connectivity index (χ4v) is 5.22. The van der Waals surface area contributed by atoms with Gasteiger partial charge < -0.3 is 30.3 Å². The van der Waals surface area contributed by atoms with Crippen LogP contribution in [0.4, 0.5) is 0 Å². The van der Waals surface area contributed by atoms with Gasteiger partial charge in [-0.1, -0.05) is 12.1 Å². The van der Waals surface area contributed by atoms with Crippen molar-refractivity contribution in [1.82, 2.24) is 0 Å². The number of rotatable bonds is 23. The smallest absolute Gasteiger partial charge is 0.305 e. The summed E-state index contributed by atoms with van der Waals surface area (Å²) in [6, 6.07) is 6.42. The SMILES string of the molecule is CCOc1ccc(CC(CC(CCC(CC(=O)O)(CC(=O)O)N=N)(CC(=O)O)N=N)C(CC(=O)O)(CC(=O)O)N=N)cc1. The summed E-state index contributed by atoms with van der Waals surface area (Å²) < 4.78 is 5.41. The second-order valence-electron chi connectivity index (χ2n) is 10.4. The fourth-order valence-electron chi connectivity index (χ4n) is 5.22. The first kappa shape index (κ1) is 36.2. The fraction of sp³-hybridized carbons (Fsp3) is 0.577. The summed E-state index contributed by atoms with van der Waals surface area (Å²) in [5.41, 5.74) is 17.8. The van der Waals surface area contributed by atoms with Crippen LogP contribution >= 0.6 is 0 Å². The number of aliphatic carboxylic acids is 5. The van der Waals surface area contributed by atoms with Crippen LogP contribution in [0.3, 0.4) is 0 Å². The topological polar surface area (TPSA) is 304 Å². The first-order valence-electron chi connectivity index (χ1n) is 13.1. The second kappa shape index (κ2) is 16.0. The Labute approximate surface area is 245 Å². The Morgan fingerprint density at radius 1 is 0.698 bits per heavy atom. The van der Waals surface area contributed by atoms with E-state index in [4.69, 9.17) is 21.3 Å². The van der Waals surface area contributed by atoms with Gasteiger partial charge in [0.05, 0.1) is 44.2 Å². The van der Waals surface area contributed by atoms with Gasteiger partial charge in [0.2, 0.25) is 0 Å². The van der Waals surface area contributed by atoms with Gasteiger partial charge in [0.15, 0.2) is 0 Å². The highest BCUT2D eigenvalue weighted by Gasteiger charge is 2.49. The van der Waals surface area contributed by atoms with Crippen molar-refractivity contribution in [3.8, 4) is 5.75 Å². The molecule has 0 amide bonds. The summed E-state index contributed by atoms with van der Waals surface area (Å²) >= 11 is 0. The molecule has 0 saturated carbocycles. The van der Waals surface area contributed by atoms with E-state index in [1.807, 2.05) is 0 Å². The van der Waals surface area contributed by atoms with Crippen LogP contribution in [-0.2, 0) is 30.4 Å². The van der Waals surface area contributed by atoms with E-state index in [2.05, 4.69) is 15.3 Å². The van der Waals surface area contributed by atoms with Crippen LogP contribution in [0.5, 0.6) is 5.75 Å². The second-order valence-corrected chi connectivity index (χ2v) is 10.4. The monoisotopic (exact) mass is 608 g/mol. The third-order valence-electron chi connectivity index (χ3n) is 7.21. The van der Waals surface area contributed by atoms with Gasteiger partial charge in [-0.05, 0) is 56.2 Å². The molecule has 43 heavy (non-hydrogen) atoms. The predicted octanol–water partition coefficient (Wildman–Crippen LogP) is 4.10. The molecule has 0 aliphatic carbocycles. The van der Waals surface area contributed by atoms with Crippen LogP contribution in [-0.4, -0.2) is 78.6 Å². The van der Waals surface area contributed by atoms with Crippen LogP contribution in [0, 0.1) is 22.5 Å². The Hall–Kier alpha value is -4.83. The number of ether oxygens (including phenoxy) is 1. The molecule has 0 fully saturated rings. The van der Waals surface area contributed by atoms with Crippen molar-refractivity contribution in [1.29, 1.82) is 16.6 Å². The van der Waals surface area contributed by atoms with Crippen molar-refractivity contribution in [3.63, 3.8) is 0 Å². The molecule has 0 aliphatic heterocycles. The van der Waals surface area contributed by atoms with E-state index < -0.39 is 104 Å². The minimum Gasteiger partial charge on any atom is -0.494 e. The van der Waals surface area contributed by atoms with Crippen LogP contribution in [0.2, 0.25) is 0 Å². The molecular weight excluding hydrogens is 572 g/mol. The summed E-state index contributed by atoms with van der Waals surface area (Å²) in [7, 11) is 0. The molecule has 236 valence electrons. The molecule has 0 saturated heterocycles. The molecule has 8 N–H and O–H groups in total. The maximum absolute atomic E-state index is 12.0. The number of benzene rings is 1. The number of carboxylic acid groups (broad SMARTS) is 5. The molecule has 0 aromatic heterocycles. The van der Waals surface area contributed by atoms with E-state index in [1.54, 1.807) is 31.2 Å². The van der Waals surface area contributed by atoms with Gasteiger partial charge in [0.1, 0.15) is 16.8 Å². The Kier molecular flexibility index (Phi) is 13.4.